The molecule has 124 valence electrons. The Morgan fingerprint density at radius 1 is 1.09 bits per heavy atom. The van der Waals surface area contributed by atoms with Gasteiger partial charge in [0.25, 0.3) is 0 Å². The maximum atomic E-state index is 6.15. The molecule has 1 aliphatic rings. The Labute approximate surface area is 134 Å². The highest BCUT2D eigenvalue weighted by Crippen LogP contribution is 2.28. The van der Waals surface area contributed by atoms with E-state index in [0.717, 1.165) is 31.1 Å². The molecule has 1 saturated carbocycles. The first-order chi connectivity index (χ1) is 10.8. The normalized spacial score (nSPS) is 21.6. The van der Waals surface area contributed by atoms with Crippen LogP contribution in [0.1, 0.15) is 38.2 Å². The lowest BCUT2D eigenvalue weighted by Gasteiger charge is -2.32. The molecule has 1 fully saturated rings. The first kappa shape index (κ1) is 17.1. The smallest absolute Gasteiger partial charge is 0.160 e. The fraction of sp³-hybridized carbons (Fsp3) is 0.667. The van der Waals surface area contributed by atoms with E-state index in [-0.39, 0.29) is 0 Å². The molecule has 1 N–H and O–H groups in total. The van der Waals surface area contributed by atoms with Gasteiger partial charge in [0.1, 0.15) is 0 Å². The van der Waals surface area contributed by atoms with E-state index in [2.05, 4.69) is 18.3 Å². The van der Waals surface area contributed by atoms with E-state index in [1.807, 2.05) is 12.1 Å². The highest BCUT2D eigenvalue weighted by molar-refractivity contribution is 5.42. The van der Waals surface area contributed by atoms with Crippen LogP contribution < -0.4 is 14.8 Å². The summed E-state index contributed by atoms with van der Waals surface area (Å²) < 4.78 is 16.8. The van der Waals surface area contributed by atoms with Crippen LogP contribution in [0.2, 0.25) is 0 Å². The topological polar surface area (TPSA) is 39.7 Å². The Balaban J connectivity index is 1.84. The Morgan fingerprint density at radius 3 is 2.59 bits per heavy atom. The third-order valence-electron chi connectivity index (χ3n) is 4.34. The van der Waals surface area contributed by atoms with E-state index in [1.165, 1.54) is 31.2 Å². The van der Waals surface area contributed by atoms with Crippen LogP contribution in [0.15, 0.2) is 18.2 Å². The molecule has 2 rings (SSSR count). The van der Waals surface area contributed by atoms with Crippen molar-refractivity contribution in [2.75, 3.05) is 27.4 Å². The fourth-order valence-corrected chi connectivity index (χ4v) is 3.16. The minimum Gasteiger partial charge on any atom is -0.493 e. The van der Waals surface area contributed by atoms with Crippen LogP contribution in [0.4, 0.5) is 0 Å². The van der Waals surface area contributed by atoms with Crippen LogP contribution >= 0.6 is 0 Å². The second-order valence-electron chi connectivity index (χ2n) is 5.80. The van der Waals surface area contributed by atoms with Gasteiger partial charge in [-0.1, -0.05) is 25.8 Å². The number of hydrogen-bond donors (Lipinski definition) is 1. The minimum atomic E-state index is 0.355. The van der Waals surface area contributed by atoms with Gasteiger partial charge in [0.05, 0.1) is 26.9 Å². The zero-order valence-corrected chi connectivity index (χ0v) is 14.1. The van der Waals surface area contributed by atoms with Crippen molar-refractivity contribution >= 4 is 0 Å². The number of nitrogens with one attached hydrogen (secondary N) is 1. The molecule has 1 aromatic rings. The second-order valence-corrected chi connectivity index (χ2v) is 5.80. The molecule has 1 unspecified atom stereocenters. The van der Waals surface area contributed by atoms with E-state index < -0.39 is 0 Å². The summed E-state index contributed by atoms with van der Waals surface area (Å²) in [5, 5.41) is 3.56. The lowest BCUT2D eigenvalue weighted by molar-refractivity contribution is 0.00722. The molecule has 0 aromatic heterocycles. The van der Waals surface area contributed by atoms with Gasteiger partial charge in [0.15, 0.2) is 11.5 Å². The van der Waals surface area contributed by atoms with Crippen molar-refractivity contribution in [2.24, 2.45) is 0 Å². The van der Waals surface area contributed by atoms with Gasteiger partial charge in [-0.05, 0) is 43.5 Å². The van der Waals surface area contributed by atoms with Gasteiger partial charge in [-0.15, -0.1) is 0 Å². The van der Waals surface area contributed by atoms with Crippen LogP contribution in [0.25, 0.3) is 0 Å². The summed E-state index contributed by atoms with van der Waals surface area (Å²) in [7, 11) is 3.33. The molecule has 22 heavy (non-hydrogen) atoms. The van der Waals surface area contributed by atoms with Gasteiger partial charge in [0.2, 0.25) is 0 Å². The molecule has 4 nitrogen and oxygen atoms in total. The highest BCUT2D eigenvalue weighted by atomic mass is 16.5. The third kappa shape index (κ3) is 4.62. The summed E-state index contributed by atoms with van der Waals surface area (Å²) in [6.07, 6.45) is 6.25. The van der Waals surface area contributed by atoms with Gasteiger partial charge < -0.3 is 19.5 Å². The van der Waals surface area contributed by atoms with Crippen LogP contribution in [-0.2, 0) is 11.2 Å². The van der Waals surface area contributed by atoms with E-state index in [4.69, 9.17) is 14.2 Å². The fourth-order valence-electron chi connectivity index (χ4n) is 3.16. The second kappa shape index (κ2) is 9.01. The van der Waals surface area contributed by atoms with Gasteiger partial charge in [0, 0.05) is 6.04 Å². The van der Waals surface area contributed by atoms with Crippen molar-refractivity contribution in [3.8, 4) is 11.5 Å². The van der Waals surface area contributed by atoms with Crippen molar-refractivity contribution in [1.82, 2.24) is 5.32 Å². The summed E-state index contributed by atoms with van der Waals surface area (Å²) in [5.74, 6) is 1.55. The molecule has 0 heterocycles. The summed E-state index contributed by atoms with van der Waals surface area (Å²) in [4.78, 5) is 0. The first-order valence-electron chi connectivity index (χ1n) is 8.34. The lowest BCUT2D eigenvalue weighted by Crippen LogP contribution is -2.43. The minimum absolute atomic E-state index is 0.355. The third-order valence-corrected chi connectivity index (χ3v) is 4.34. The van der Waals surface area contributed by atoms with E-state index in [0.29, 0.717) is 12.1 Å². The Kier molecular flexibility index (Phi) is 7.00. The summed E-state index contributed by atoms with van der Waals surface area (Å²) in [6.45, 7) is 3.93. The zero-order chi connectivity index (χ0) is 15.8. The van der Waals surface area contributed by atoms with E-state index >= 15 is 0 Å². The average molecular weight is 307 g/mol. The largest absolute Gasteiger partial charge is 0.493 e. The Morgan fingerprint density at radius 2 is 1.86 bits per heavy atom. The maximum absolute atomic E-state index is 6.15. The molecule has 0 aliphatic heterocycles. The standard InChI is InChI=1S/C18H29NO3/c1-4-19-15-7-5-6-8-16(15)22-12-11-14-9-10-17(20-2)18(13-14)21-3/h9-10,13,15-16,19H,4-8,11-12H2,1-3H3/t15?,16-/m1/s1. The van der Waals surface area contributed by atoms with E-state index in [9.17, 15) is 0 Å². The van der Waals surface area contributed by atoms with E-state index in [1.54, 1.807) is 14.2 Å². The van der Waals surface area contributed by atoms with Crippen molar-refractivity contribution in [3.05, 3.63) is 23.8 Å². The van der Waals surface area contributed by atoms with Crippen molar-refractivity contribution in [1.29, 1.82) is 0 Å². The van der Waals surface area contributed by atoms with Crippen molar-refractivity contribution in [2.45, 2.75) is 51.2 Å². The maximum Gasteiger partial charge on any atom is 0.160 e. The summed E-state index contributed by atoms with van der Waals surface area (Å²) in [5.41, 5.74) is 1.22. The highest BCUT2D eigenvalue weighted by Gasteiger charge is 2.24. The van der Waals surface area contributed by atoms with Gasteiger partial charge in [-0.25, -0.2) is 0 Å². The average Bonchev–Trinajstić information content (AvgIpc) is 2.56. The molecule has 0 radical (unpaired) electrons. The SMILES string of the molecule is CCNC1CCCC[C@H]1OCCc1ccc(OC)c(OC)c1. The molecular weight excluding hydrogens is 278 g/mol. The molecule has 1 aliphatic carbocycles. The van der Waals surface area contributed by atoms with Crippen molar-refractivity contribution in [3.63, 3.8) is 0 Å². The number of methoxy groups -OCH3 is 2. The number of likely N-dealkylation sites (N-methyl/N-ethyl adjacent to an activating group) is 1. The molecule has 0 amide bonds. The molecule has 0 spiro atoms. The molecule has 2 atom stereocenters. The molecule has 0 saturated heterocycles. The monoisotopic (exact) mass is 307 g/mol. The number of hydrogen-bond acceptors (Lipinski definition) is 4. The number of rotatable bonds is 8. The van der Waals surface area contributed by atoms with Gasteiger partial charge in [-0.3, -0.25) is 0 Å². The lowest BCUT2D eigenvalue weighted by atomic mass is 9.92. The Hall–Kier alpha value is -1.26. The predicted molar refractivity (Wildman–Crippen MR) is 88.9 cm³/mol. The Bertz CT molecular complexity index is 448. The molecule has 0 bridgehead atoms. The number of ether oxygens (including phenoxy) is 3. The van der Waals surface area contributed by atoms with Gasteiger partial charge >= 0.3 is 0 Å². The predicted octanol–water partition coefficient (Wildman–Crippen LogP) is 3.18. The molecule has 4 heteroatoms. The molecule has 1 aromatic carbocycles. The number of benzene rings is 1. The first-order valence-corrected chi connectivity index (χ1v) is 8.34. The summed E-state index contributed by atoms with van der Waals surface area (Å²) >= 11 is 0. The summed E-state index contributed by atoms with van der Waals surface area (Å²) in [6, 6.07) is 6.58. The van der Waals surface area contributed by atoms with Crippen LogP contribution in [0, 0.1) is 0 Å². The van der Waals surface area contributed by atoms with Crippen LogP contribution in [0.5, 0.6) is 11.5 Å². The zero-order valence-electron chi connectivity index (χ0n) is 14.1. The van der Waals surface area contributed by atoms with Crippen molar-refractivity contribution < 1.29 is 14.2 Å². The van der Waals surface area contributed by atoms with Crippen LogP contribution in [-0.4, -0.2) is 39.5 Å². The van der Waals surface area contributed by atoms with Crippen LogP contribution in [0.3, 0.4) is 0 Å². The quantitative estimate of drug-likeness (QED) is 0.801. The van der Waals surface area contributed by atoms with Gasteiger partial charge in [-0.2, -0.15) is 0 Å². The molecular formula is C18H29NO3.